The number of halogens is 3. The maximum Gasteiger partial charge on any atom is 0.434 e. The molecule has 1 aromatic rings. The van der Waals surface area contributed by atoms with Crippen LogP contribution in [0.15, 0.2) is 6.20 Å². The number of aromatic carboxylic acids is 1. The van der Waals surface area contributed by atoms with E-state index < -0.39 is 29.0 Å². The zero-order valence-corrected chi connectivity index (χ0v) is 12.6. The number of rotatable bonds is 3. The van der Waals surface area contributed by atoms with E-state index in [1.807, 2.05) is 13.8 Å². The Hall–Kier alpha value is -1.90. The summed E-state index contributed by atoms with van der Waals surface area (Å²) in [6.07, 6.45) is -1.86. The molecule has 0 saturated carbocycles. The monoisotopic (exact) mass is 331 g/mol. The summed E-state index contributed by atoms with van der Waals surface area (Å²) in [4.78, 5) is 18.0. The Labute approximate surface area is 130 Å². The molecule has 1 aromatic heterocycles. The van der Waals surface area contributed by atoms with Crippen LogP contribution < -0.4 is 5.32 Å². The molecule has 2 fully saturated rings. The Morgan fingerprint density at radius 3 is 2.61 bits per heavy atom. The molecule has 2 bridgehead atoms. The number of nitrogens with zero attached hydrogens (tertiary/aromatic N) is 2. The molecule has 0 aliphatic carbocycles. The lowest BCUT2D eigenvalue weighted by Crippen LogP contribution is -2.41. The zero-order valence-electron chi connectivity index (χ0n) is 12.6. The molecule has 3 rings (SSSR count). The van der Waals surface area contributed by atoms with Gasteiger partial charge in [0.15, 0.2) is 5.69 Å². The highest BCUT2D eigenvalue weighted by Crippen LogP contribution is 2.51. The number of hydrogen-bond acceptors (Lipinski definition) is 5. The molecule has 0 spiro atoms. The van der Waals surface area contributed by atoms with Gasteiger partial charge in [-0.15, -0.1) is 0 Å². The van der Waals surface area contributed by atoms with Crippen LogP contribution in [0.1, 0.15) is 49.2 Å². The van der Waals surface area contributed by atoms with Crippen molar-refractivity contribution in [2.24, 2.45) is 0 Å². The molecule has 23 heavy (non-hydrogen) atoms. The lowest BCUT2D eigenvalue weighted by Gasteiger charge is -2.30. The predicted octanol–water partition coefficient (Wildman–Crippen LogP) is 2.71. The summed E-state index contributed by atoms with van der Waals surface area (Å²) < 4.78 is 44.9. The first kappa shape index (κ1) is 16.0. The highest BCUT2D eigenvalue weighted by atomic mass is 19.4. The first-order valence-electron chi connectivity index (χ1n) is 7.17. The van der Waals surface area contributed by atoms with Crippen LogP contribution in [-0.4, -0.2) is 38.3 Å². The van der Waals surface area contributed by atoms with Crippen LogP contribution in [-0.2, 0) is 10.9 Å². The standard InChI is InChI=1S/C14H16F3N3O3/c1-12-3-4-13(2,23-12)8(5-12)19-11-18-6-7(10(21)22)9(20-11)14(15,16)17/h6,8H,3-5H2,1-2H3,(H,21,22)(H,18,19,20)/t8-,12+,13-/m0/s1. The van der Waals surface area contributed by atoms with Crippen LogP contribution in [0.4, 0.5) is 19.1 Å². The predicted molar refractivity (Wildman–Crippen MR) is 73.2 cm³/mol. The molecule has 6 nitrogen and oxygen atoms in total. The number of ether oxygens (including phenoxy) is 1. The summed E-state index contributed by atoms with van der Waals surface area (Å²) in [6.45, 7) is 3.87. The quantitative estimate of drug-likeness (QED) is 0.886. The van der Waals surface area contributed by atoms with E-state index in [9.17, 15) is 18.0 Å². The highest BCUT2D eigenvalue weighted by molar-refractivity contribution is 5.88. The van der Waals surface area contributed by atoms with Gasteiger partial charge in [0.1, 0.15) is 5.56 Å². The first-order chi connectivity index (χ1) is 10.5. The third-order valence-corrected chi connectivity index (χ3v) is 4.59. The highest BCUT2D eigenvalue weighted by Gasteiger charge is 2.57. The molecular formula is C14H16F3N3O3. The number of alkyl halides is 3. The van der Waals surface area contributed by atoms with Gasteiger partial charge in [0.25, 0.3) is 0 Å². The van der Waals surface area contributed by atoms with Crippen molar-refractivity contribution in [3.05, 3.63) is 17.5 Å². The van der Waals surface area contributed by atoms with Gasteiger partial charge in [-0.1, -0.05) is 0 Å². The van der Waals surface area contributed by atoms with Crippen LogP contribution in [0.25, 0.3) is 0 Å². The molecule has 0 radical (unpaired) electrons. The fourth-order valence-electron chi connectivity index (χ4n) is 3.40. The first-order valence-corrected chi connectivity index (χ1v) is 7.17. The fourth-order valence-corrected chi connectivity index (χ4v) is 3.40. The van der Waals surface area contributed by atoms with Crippen LogP contribution in [0.2, 0.25) is 0 Å². The smallest absolute Gasteiger partial charge is 0.434 e. The number of carboxylic acids is 1. The van der Waals surface area contributed by atoms with Gasteiger partial charge in [-0.05, 0) is 33.1 Å². The van der Waals surface area contributed by atoms with E-state index in [1.165, 1.54) is 0 Å². The summed E-state index contributed by atoms with van der Waals surface area (Å²) in [5, 5.41) is 11.7. The van der Waals surface area contributed by atoms with E-state index in [0.717, 1.165) is 12.8 Å². The van der Waals surface area contributed by atoms with E-state index in [-0.39, 0.29) is 17.6 Å². The average Bonchev–Trinajstić information content (AvgIpc) is 2.86. The van der Waals surface area contributed by atoms with Crippen LogP contribution in [0, 0.1) is 0 Å². The van der Waals surface area contributed by atoms with Gasteiger partial charge in [-0.25, -0.2) is 14.8 Å². The lowest BCUT2D eigenvalue weighted by atomic mass is 9.80. The minimum atomic E-state index is -4.87. The third-order valence-electron chi connectivity index (χ3n) is 4.59. The lowest BCUT2D eigenvalue weighted by molar-refractivity contribution is -0.141. The minimum absolute atomic E-state index is 0.224. The summed E-state index contributed by atoms with van der Waals surface area (Å²) >= 11 is 0. The van der Waals surface area contributed by atoms with E-state index in [0.29, 0.717) is 12.6 Å². The van der Waals surface area contributed by atoms with E-state index in [2.05, 4.69) is 15.3 Å². The number of carboxylic acid groups (broad SMARTS) is 1. The number of fused-ring (bicyclic) bond motifs is 2. The second-order valence-electron chi connectivity index (χ2n) is 6.52. The molecule has 0 aromatic carbocycles. The number of aromatic nitrogens is 2. The molecule has 2 saturated heterocycles. The minimum Gasteiger partial charge on any atom is -0.478 e. The average molecular weight is 331 g/mol. The summed E-state index contributed by atoms with van der Waals surface area (Å²) in [6, 6.07) is -0.224. The van der Waals surface area contributed by atoms with E-state index >= 15 is 0 Å². The van der Waals surface area contributed by atoms with Gasteiger partial charge in [0, 0.05) is 6.20 Å². The Balaban J connectivity index is 1.89. The normalized spacial score (nSPS) is 33.0. The van der Waals surface area contributed by atoms with Gasteiger partial charge >= 0.3 is 12.1 Å². The van der Waals surface area contributed by atoms with E-state index in [1.54, 1.807) is 0 Å². The molecule has 3 heterocycles. The maximum atomic E-state index is 13.0. The van der Waals surface area contributed by atoms with Crippen molar-refractivity contribution in [2.75, 3.05) is 5.32 Å². The van der Waals surface area contributed by atoms with Crippen molar-refractivity contribution >= 4 is 11.9 Å². The summed E-state index contributed by atoms with van der Waals surface area (Å²) in [5.74, 6) is -1.96. The number of anilines is 1. The van der Waals surface area contributed by atoms with Crippen molar-refractivity contribution in [3.8, 4) is 0 Å². The number of hydrogen-bond donors (Lipinski definition) is 2. The molecule has 2 aliphatic rings. The van der Waals surface area contributed by atoms with Gasteiger partial charge in [-0.3, -0.25) is 0 Å². The fraction of sp³-hybridized carbons (Fsp3) is 0.643. The van der Waals surface area contributed by atoms with Crippen LogP contribution >= 0.6 is 0 Å². The van der Waals surface area contributed by atoms with Gasteiger partial charge < -0.3 is 15.2 Å². The molecule has 2 N–H and O–H groups in total. The third kappa shape index (κ3) is 2.73. The Bertz CT molecular complexity index is 666. The van der Waals surface area contributed by atoms with Crippen molar-refractivity contribution in [3.63, 3.8) is 0 Å². The van der Waals surface area contributed by atoms with Crippen LogP contribution in [0.3, 0.4) is 0 Å². The molecule has 126 valence electrons. The Morgan fingerprint density at radius 2 is 2.13 bits per heavy atom. The molecule has 3 atom stereocenters. The van der Waals surface area contributed by atoms with Crippen molar-refractivity contribution in [1.29, 1.82) is 0 Å². The topological polar surface area (TPSA) is 84.3 Å². The molecule has 2 aliphatic heterocycles. The Kier molecular flexibility index (Phi) is 3.33. The van der Waals surface area contributed by atoms with Crippen LogP contribution in [0.5, 0.6) is 0 Å². The zero-order chi connectivity index (χ0) is 17.0. The number of nitrogens with one attached hydrogen (secondary N) is 1. The molecule has 9 heteroatoms. The summed E-state index contributed by atoms with van der Waals surface area (Å²) in [5.41, 5.74) is -3.20. The maximum absolute atomic E-state index is 13.0. The van der Waals surface area contributed by atoms with E-state index in [4.69, 9.17) is 9.84 Å². The van der Waals surface area contributed by atoms with Gasteiger partial charge in [-0.2, -0.15) is 13.2 Å². The van der Waals surface area contributed by atoms with Gasteiger partial charge in [0.05, 0.1) is 17.2 Å². The SMILES string of the molecule is C[C@]12CC[C@](C)(O1)[C@@H](Nc1ncc(C(=O)O)c(C(F)(F)F)n1)C2. The van der Waals surface area contributed by atoms with Crippen molar-refractivity contribution in [2.45, 2.75) is 56.5 Å². The second-order valence-corrected chi connectivity index (χ2v) is 6.52. The molecule has 0 amide bonds. The van der Waals surface area contributed by atoms with Gasteiger partial charge in [0.2, 0.25) is 5.95 Å². The van der Waals surface area contributed by atoms with Crippen molar-refractivity contribution in [1.82, 2.24) is 9.97 Å². The Morgan fingerprint density at radius 1 is 1.43 bits per heavy atom. The summed E-state index contributed by atoms with van der Waals surface area (Å²) in [7, 11) is 0. The number of carbonyl (C=O) groups is 1. The largest absolute Gasteiger partial charge is 0.478 e. The second kappa shape index (κ2) is 4.80. The van der Waals surface area contributed by atoms with Crippen molar-refractivity contribution < 1.29 is 27.8 Å². The molecule has 0 unspecified atom stereocenters. The molecular weight excluding hydrogens is 315 g/mol.